The lowest BCUT2D eigenvalue weighted by atomic mass is 9.86. The molecule has 0 aromatic rings. The molecule has 0 aromatic carbocycles. The Morgan fingerprint density at radius 3 is 2.43 bits per heavy atom. The van der Waals surface area contributed by atoms with Gasteiger partial charge in [0.25, 0.3) is 0 Å². The van der Waals surface area contributed by atoms with Crippen LogP contribution in [0.4, 0.5) is 0 Å². The van der Waals surface area contributed by atoms with Crippen molar-refractivity contribution in [1.82, 2.24) is 0 Å². The van der Waals surface area contributed by atoms with Crippen LogP contribution >= 0.6 is 0 Å². The molecular formula is C17H24O4. The normalized spacial score (nSPS) is 46.3. The van der Waals surface area contributed by atoms with E-state index in [1.54, 1.807) is 0 Å². The second kappa shape index (κ2) is 5.29. The van der Waals surface area contributed by atoms with Crippen molar-refractivity contribution in [1.29, 1.82) is 0 Å². The molecule has 0 spiro atoms. The topological polar surface area (TPSA) is 52.6 Å². The second-order valence-electron chi connectivity index (χ2n) is 7.35. The smallest absolute Gasteiger partial charge is 0.309 e. The third-order valence-corrected chi connectivity index (χ3v) is 6.23. The van der Waals surface area contributed by atoms with Gasteiger partial charge in [0.15, 0.2) is 0 Å². The number of hydrogen-bond donors (Lipinski definition) is 0. The van der Waals surface area contributed by atoms with Crippen molar-refractivity contribution in [2.75, 3.05) is 0 Å². The first-order valence-electron chi connectivity index (χ1n) is 8.62. The molecular weight excluding hydrogens is 268 g/mol. The number of ether oxygens (including phenoxy) is 2. The lowest BCUT2D eigenvalue weighted by Gasteiger charge is -2.21. The van der Waals surface area contributed by atoms with Crippen molar-refractivity contribution in [3.05, 3.63) is 0 Å². The maximum atomic E-state index is 11.2. The monoisotopic (exact) mass is 292 g/mol. The highest BCUT2D eigenvalue weighted by molar-refractivity contribution is 5.76. The number of hydrogen-bond acceptors (Lipinski definition) is 4. The standard InChI is InChI=1S/C9H12O2.C8H12O2/c10-9-6-3-1-5-2-4-7(11-9)8(5)6;9-8-5-6-3-1-2-4-7(6)10-8/h5-8H,1-4H2;6-7H,1-5H2/t;6?,7-/m.1/s1. The van der Waals surface area contributed by atoms with Gasteiger partial charge in [0, 0.05) is 11.8 Å². The summed E-state index contributed by atoms with van der Waals surface area (Å²) >= 11 is 0. The Hall–Kier alpha value is -1.06. The summed E-state index contributed by atoms with van der Waals surface area (Å²) in [6.07, 6.45) is 11.0. The van der Waals surface area contributed by atoms with Crippen molar-refractivity contribution >= 4 is 11.9 Å². The van der Waals surface area contributed by atoms with Crippen molar-refractivity contribution in [3.63, 3.8) is 0 Å². The number of fused-ring (bicyclic) bond motifs is 1. The van der Waals surface area contributed by atoms with E-state index in [-0.39, 0.29) is 11.9 Å². The molecule has 21 heavy (non-hydrogen) atoms. The van der Waals surface area contributed by atoms with Crippen LogP contribution in [0.3, 0.4) is 0 Å². The van der Waals surface area contributed by atoms with Gasteiger partial charge in [0.05, 0.1) is 12.3 Å². The third-order valence-electron chi connectivity index (χ3n) is 6.23. The Balaban J connectivity index is 0.000000110. The molecule has 6 atom stereocenters. The van der Waals surface area contributed by atoms with Gasteiger partial charge in [-0.2, -0.15) is 0 Å². The van der Waals surface area contributed by atoms with Gasteiger partial charge < -0.3 is 9.47 Å². The van der Waals surface area contributed by atoms with Crippen LogP contribution in [0.2, 0.25) is 0 Å². The number of esters is 2. The van der Waals surface area contributed by atoms with E-state index in [0.717, 1.165) is 25.2 Å². The predicted octanol–water partition coefficient (Wildman–Crippen LogP) is 2.84. The molecule has 5 aliphatic rings. The molecule has 5 fully saturated rings. The van der Waals surface area contributed by atoms with Crippen LogP contribution in [0.15, 0.2) is 0 Å². The van der Waals surface area contributed by atoms with E-state index in [4.69, 9.17) is 9.47 Å². The molecule has 0 aromatic heterocycles. The molecule has 5 rings (SSSR count). The Labute approximate surface area is 125 Å². The van der Waals surface area contributed by atoms with E-state index in [0.29, 0.717) is 36.4 Å². The Kier molecular flexibility index (Phi) is 3.43. The van der Waals surface area contributed by atoms with Crippen LogP contribution in [0.1, 0.15) is 57.8 Å². The van der Waals surface area contributed by atoms with Gasteiger partial charge in [-0.1, -0.05) is 6.42 Å². The number of carbonyl (C=O) groups excluding carboxylic acids is 2. The quantitative estimate of drug-likeness (QED) is 0.644. The first kappa shape index (κ1) is 13.6. The Morgan fingerprint density at radius 2 is 1.57 bits per heavy atom. The zero-order valence-corrected chi connectivity index (χ0v) is 12.5. The molecule has 0 amide bonds. The van der Waals surface area contributed by atoms with Crippen LogP contribution in [0, 0.1) is 23.7 Å². The SMILES string of the molecule is O=C1CC2CCCC[C@H]2O1.O=C1OC2CCC3CCC1C32. The molecule has 3 aliphatic carbocycles. The summed E-state index contributed by atoms with van der Waals surface area (Å²) in [6.45, 7) is 0. The fourth-order valence-electron chi connectivity index (χ4n) is 5.22. The molecule has 116 valence electrons. The Bertz CT molecular complexity index is 430. The lowest BCUT2D eigenvalue weighted by Crippen LogP contribution is -2.19. The average molecular weight is 292 g/mol. The maximum absolute atomic E-state index is 11.2. The molecule has 2 heterocycles. The summed E-state index contributed by atoms with van der Waals surface area (Å²) in [5.74, 6) is 2.45. The van der Waals surface area contributed by atoms with E-state index in [1.165, 1.54) is 32.1 Å². The van der Waals surface area contributed by atoms with Crippen molar-refractivity contribution in [2.24, 2.45) is 23.7 Å². The summed E-state index contributed by atoms with van der Waals surface area (Å²) in [6, 6.07) is 0. The van der Waals surface area contributed by atoms with E-state index in [9.17, 15) is 9.59 Å². The summed E-state index contributed by atoms with van der Waals surface area (Å²) in [5.41, 5.74) is 0. The number of rotatable bonds is 0. The van der Waals surface area contributed by atoms with E-state index in [2.05, 4.69) is 0 Å². The minimum atomic E-state index is 0.0249. The van der Waals surface area contributed by atoms with Crippen LogP contribution in [-0.2, 0) is 19.1 Å². The van der Waals surface area contributed by atoms with Crippen molar-refractivity contribution in [2.45, 2.75) is 70.0 Å². The van der Waals surface area contributed by atoms with E-state index < -0.39 is 0 Å². The second-order valence-corrected chi connectivity index (χ2v) is 7.35. The highest BCUT2D eigenvalue weighted by Crippen LogP contribution is 2.53. The van der Waals surface area contributed by atoms with Crippen LogP contribution in [0.5, 0.6) is 0 Å². The van der Waals surface area contributed by atoms with Crippen LogP contribution in [-0.4, -0.2) is 24.1 Å². The van der Waals surface area contributed by atoms with Crippen molar-refractivity contribution in [3.8, 4) is 0 Å². The highest BCUT2D eigenvalue weighted by Gasteiger charge is 2.55. The van der Waals surface area contributed by atoms with Crippen LogP contribution in [0.25, 0.3) is 0 Å². The van der Waals surface area contributed by atoms with E-state index in [1.807, 2.05) is 0 Å². The molecule has 4 heteroatoms. The van der Waals surface area contributed by atoms with Gasteiger partial charge in [0.1, 0.15) is 12.2 Å². The van der Waals surface area contributed by atoms with Gasteiger partial charge >= 0.3 is 11.9 Å². The van der Waals surface area contributed by atoms with Gasteiger partial charge in [-0.05, 0) is 50.9 Å². The van der Waals surface area contributed by atoms with E-state index >= 15 is 0 Å². The first-order chi connectivity index (χ1) is 10.2. The van der Waals surface area contributed by atoms with Gasteiger partial charge in [0.2, 0.25) is 0 Å². The van der Waals surface area contributed by atoms with Crippen molar-refractivity contribution < 1.29 is 19.1 Å². The average Bonchev–Trinajstić information content (AvgIpc) is 3.16. The van der Waals surface area contributed by atoms with Gasteiger partial charge in [-0.25, -0.2) is 0 Å². The largest absolute Gasteiger partial charge is 0.462 e. The minimum Gasteiger partial charge on any atom is -0.462 e. The summed E-state index contributed by atoms with van der Waals surface area (Å²) in [7, 11) is 0. The summed E-state index contributed by atoms with van der Waals surface area (Å²) < 4.78 is 10.4. The van der Waals surface area contributed by atoms with Crippen LogP contribution < -0.4 is 0 Å². The maximum Gasteiger partial charge on any atom is 0.309 e. The molecule has 0 radical (unpaired) electrons. The van der Waals surface area contributed by atoms with Gasteiger partial charge in [-0.3, -0.25) is 9.59 Å². The molecule has 2 saturated heterocycles. The van der Waals surface area contributed by atoms with Gasteiger partial charge in [-0.15, -0.1) is 0 Å². The molecule has 5 unspecified atom stereocenters. The molecule has 0 bridgehead atoms. The third kappa shape index (κ3) is 2.36. The molecule has 2 aliphatic heterocycles. The zero-order valence-electron chi connectivity index (χ0n) is 12.5. The predicted molar refractivity (Wildman–Crippen MR) is 75.3 cm³/mol. The zero-order chi connectivity index (χ0) is 14.4. The fraction of sp³-hybridized carbons (Fsp3) is 0.882. The highest BCUT2D eigenvalue weighted by atomic mass is 16.6. The Morgan fingerprint density at radius 1 is 0.762 bits per heavy atom. The molecule has 3 saturated carbocycles. The molecule has 4 nitrogen and oxygen atoms in total. The number of carbonyl (C=O) groups is 2. The minimum absolute atomic E-state index is 0.0249. The summed E-state index contributed by atoms with van der Waals surface area (Å²) in [5, 5.41) is 0. The summed E-state index contributed by atoms with van der Waals surface area (Å²) in [4.78, 5) is 22.0. The lowest BCUT2D eigenvalue weighted by molar-refractivity contribution is -0.144. The molecule has 0 N–H and O–H groups in total. The fourth-order valence-corrected chi connectivity index (χ4v) is 5.22. The first-order valence-corrected chi connectivity index (χ1v) is 8.62.